The topological polar surface area (TPSA) is 24.5 Å². The first kappa shape index (κ1) is 13.8. The van der Waals surface area contributed by atoms with E-state index in [9.17, 15) is 0 Å². The van der Waals surface area contributed by atoms with Gasteiger partial charge in [-0.25, -0.2) is 0 Å². The SMILES string of the molecule is CCCNC1CCOCC1N(CC1CC1)CC1CC1. The minimum Gasteiger partial charge on any atom is -0.380 e. The Bertz CT molecular complexity index is 262. The Kier molecular flexibility index (Phi) is 4.78. The Labute approximate surface area is 118 Å². The second-order valence-electron chi connectivity index (χ2n) is 6.83. The maximum atomic E-state index is 5.80. The molecule has 0 aromatic rings. The Morgan fingerprint density at radius 3 is 2.32 bits per heavy atom. The molecule has 2 saturated carbocycles. The molecule has 0 amide bonds. The molecule has 0 bridgehead atoms. The minimum atomic E-state index is 0.626. The molecule has 3 fully saturated rings. The van der Waals surface area contributed by atoms with E-state index in [1.54, 1.807) is 0 Å². The van der Waals surface area contributed by atoms with Gasteiger partial charge in [0.05, 0.1) is 6.61 Å². The van der Waals surface area contributed by atoms with E-state index in [4.69, 9.17) is 4.74 Å². The molecule has 2 unspecified atom stereocenters. The number of hydrogen-bond donors (Lipinski definition) is 1. The lowest BCUT2D eigenvalue weighted by Crippen LogP contribution is -2.56. The van der Waals surface area contributed by atoms with Gasteiger partial charge in [-0.3, -0.25) is 4.90 Å². The molecule has 0 aromatic carbocycles. The summed E-state index contributed by atoms with van der Waals surface area (Å²) in [6.07, 6.45) is 8.26. The monoisotopic (exact) mass is 266 g/mol. The van der Waals surface area contributed by atoms with Crippen molar-refractivity contribution in [2.75, 3.05) is 32.8 Å². The van der Waals surface area contributed by atoms with E-state index < -0.39 is 0 Å². The van der Waals surface area contributed by atoms with Crippen LogP contribution in [0.25, 0.3) is 0 Å². The van der Waals surface area contributed by atoms with Crippen LogP contribution in [0.1, 0.15) is 45.4 Å². The quantitative estimate of drug-likeness (QED) is 0.729. The van der Waals surface area contributed by atoms with Gasteiger partial charge in [0.2, 0.25) is 0 Å². The first-order valence-electron chi connectivity index (χ1n) is 8.42. The summed E-state index contributed by atoms with van der Waals surface area (Å²) in [5, 5.41) is 3.77. The fraction of sp³-hybridized carbons (Fsp3) is 1.00. The average Bonchev–Trinajstić information content (AvgIpc) is 3.31. The van der Waals surface area contributed by atoms with Crippen molar-refractivity contribution in [1.82, 2.24) is 10.2 Å². The van der Waals surface area contributed by atoms with Gasteiger partial charge in [-0.2, -0.15) is 0 Å². The molecular formula is C16H30N2O. The van der Waals surface area contributed by atoms with E-state index in [1.807, 2.05) is 0 Å². The number of ether oxygens (including phenoxy) is 1. The summed E-state index contributed by atoms with van der Waals surface area (Å²) in [7, 11) is 0. The third-order valence-electron chi connectivity index (χ3n) is 4.83. The van der Waals surface area contributed by atoms with E-state index in [1.165, 1.54) is 51.6 Å². The minimum absolute atomic E-state index is 0.626. The number of nitrogens with one attached hydrogen (secondary N) is 1. The second kappa shape index (κ2) is 6.55. The summed E-state index contributed by atoms with van der Waals surface area (Å²) in [5.74, 6) is 1.99. The van der Waals surface area contributed by atoms with E-state index in [2.05, 4.69) is 17.1 Å². The summed E-state index contributed by atoms with van der Waals surface area (Å²) < 4.78 is 5.80. The Hall–Kier alpha value is -0.120. The lowest BCUT2D eigenvalue weighted by molar-refractivity contribution is -0.00650. The van der Waals surface area contributed by atoms with Crippen LogP contribution >= 0.6 is 0 Å². The van der Waals surface area contributed by atoms with Crippen molar-refractivity contribution in [2.24, 2.45) is 11.8 Å². The molecule has 2 atom stereocenters. The van der Waals surface area contributed by atoms with Crippen LogP contribution in [-0.4, -0.2) is 49.8 Å². The van der Waals surface area contributed by atoms with Crippen molar-refractivity contribution in [3.8, 4) is 0 Å². The molecule has 0 radical (unpaired) electrons. The van der Waals surface area contributed by atoms with Crippen molar-refractivity contribution in [2.45, 2.75) is 57.5 Å². The largest absolute Gasteiger partial charge is 0.380 e. The van der Waals surface area contributed by atoms with Gasteiger partial charge in [-0.1, -0.05) is 6.92 Å². The molecule has 3 nitrogen and oxygen atoms in total. The highest BCUT2D eigenvalue weighted by molar-refractivity contribution is 4.92. The molecule has 19 heavy (non-hydrogen) atoms. The van der Waals surface area contributed by atoms with Crippen LogP contribution in [0.2, 0.25) is 0 Å². The smallest absolute Gasteiger partial charge is 0.0637 e. The standard InChI is InChI=1S/C16H30N2O/c1-2-8-17-15-7-9-19-12-16(15)18(10-13-3-4-13)11-14-5-6-14/h13-17H,2-12H2,1H3. The zero-order chi connectivity index (χ0) is 13.1. The first-order valence-corrected chi connectivity index (χ1v) is 8.42. The maximum absolute atomic E-state index is 5.80. The van der Waals surface area contributed by atoms with E-state index in [-0.39, 0.29) is 0 Å². The van der Waals surface area contributed by atoms with Crippen LogP contribution in [-0.2, 0) is 4.74 Å². The molecule has 0 spiro atoms. The van der Waals surface area contributed by atoms with Crippen LogP contribution in [0.3, 0.4) is 0 Å². The molecule has 1 aliphatic heterocycles. The second-order valence-corrected chi connectivity index (χ2v) is 6.83. The van der Waals surface area contributed by atoms with Crippen LogP contribution in [0.4, 0.5) is 0 Å². The first-order chi connectivity index (χ1) is 9.36. The number of hydrogen-bond acceptors (Lipinski definition) is 3. The van der Waals surface area contributed by atoms with Crippen molar-refractivity contribution < 1.29 is 4.74 Å². The van der Waals surface area contributed by atoms with Gasteiger partial charge in [0, 0.05) is 31.8 Å². The van der Waals surface area contributed by atoms with Crippen LogP contribution in [0.5, 0.6) is 0 Å². The highest BCUT2D eigenvalue weighted by Gasteiger charge is 2.36. The lowest BCUT2D eigenvalue weighted by Gasteiger charge is -2.40. The molecule has 3 aliphatic rings. The van der Waals surface area contributed by atoms with E-state index in [0.29, 0.717) is 12.1 Å². The molecule has 1 saturated heterocycles. The third kappa shape index (κ3) is 4.17. The van der Waals surface area contributed by atoms with Gasteiger partial charge in [-0.05, 0) is 56.9 Å². The number of rotatable bonds is 8. The summed E-state index contributed by atoms with van der Waals surface area (Å²) >= 11 is 0. The van der Waals surface area contributed by atoms with Crippen LogP contribution < -0.4 is 5.32 Å². The van der Waals surface area contributed by atoms with Gasteiger partial charge >= 0.3 is 0 Å². The van der Waals surface area contributed by atoms with E-state index in [0.717, 1.165) is 31.6 Å². The molecular weight excluding hydrogens is 236 g/mol. The van der Waals surface area contributed by atoms with Crippen LogP contribution in [0, 0.1) is 11.8 Å². The normalized spacial score (nSPS) is 31.9. The maximum Gasteiger partial charge on any atom is 0.0637 e. The van der Waals surface area contributed by atoms with Gasteiger partial charge < -0.3 is 10.1 Å². The molecule has 1 N–H and O–H groups in total. The molecule has 2 aliphatic carbocycles. The highest BCUT2D eigenvalue weighted by atomic mass is 16.5. The fourth-order valence-electron chi connectivity index (χ4n) is 3.26. The Morgan fingerprint density at radius 1 is 1.05 bits per heavy atom. The zero-order valence-electron chi connectivity index (χ0n) is 12.4. The van der Waals surface area contributed by atoms with Crippen molar-refractivity contribution in [3.05, 3.63) is 0 Å². The highest BCUT2D eigenvalue weighted by Crippen LogP contribution is 2.35. The zero-order valence-corrected chi connectivity index (χ0v) is 12.4. The molecule has 110 valence electrons. The lowest BCUT2D eigenvalue weighted by atomic mass is 10.0. The van der Waals surface area contributed by atoms with Gasteiger partial charge in [0.1, 0.15) is 0 Å². The third-order valence-corrected chi connectivity index (χ3v) is 4.83. The predicted molar refractivity (Wildman–Crippen MR) is 78.3 cm³/mol. The predicted octanol–water partition coefficient (Wildman–Crippen LogP) is 2.27. The molecule has 3 heteroatoms. The Balaban J connectivity index is 1.58. The summed E-state index contributed by atoms with van der Waals surface area (Å²) in [5.41, 5.74) is 0. The van der Waals surface area contributed by atoms with Gasteiger partial charge in [0.25, 0.3) is 0 Å². The van der Waals surface area contributed by atoms with Crippen molar-refractivity contribution in [3.63, 3.8) is 0 Å². The molecule has 1 heterocycles. The van der Waals surface area contributed by atoms with Crippen LogP contribution in [0.15, 0.2) is 0 Å². The van der Waals surface area contributed by atoms with Gasteiger partial charge in [0.15, 0.2) is 0 Å². The summed E-state index contributed by atoms with van der Waals surface area (Å²) in [6, 6.07) is 1.28. The van der Waals surface area contributed by atoms with Crippen molar-refractivity contribution >= 4 is 0 Å². The van der Waals surface area contributed by atoms with Crippen molar-refractivity contribution in [1.29, 1.82) is 0 Å². The fourth-order valence-corrected chi connectivity index (χ4v) is 3.26. The molecule has 0 aromatic heterocycles. The number of nitrogens with zero attached hydrogens (tertiary/aromatic N) is 1. The van der Waals surface area contributed by atoms with E-state index >= 15 is 0 Å². The van der Waals surface area contributed by atoms with Gasteiger partial charge in [-0.15, -0.1) is 0 Å². The molecule has 3 rings (SSSR count). The average molecular weight is 266 g/mol. The summed E-state index contributed by atoms with van der Waals surface area (Å²) in [6.45, 7) is 7.96. The Morgan fingerprint density at radius 2 is 1.74 bits per heavy atom. The summed E-state index contributed by atoms with van der Waals surface area (Å²) in [4.78, 5) is 2.78.